The van der Waals surface area contributed by atoms with E-state index in [1.807, 2.05) is 66.7 Å². The molecule has 7 N–H and O–H groups in total. The largest absolute Gasteiger partial charge is 0.493 e. The molecule has 10 heteroatoms. The Bertz CT molecular complexity index is 1850. The summed E-state index contributed by atoms with van der Waals surface area (Å²) in [6.07, 6.45) is 0.104. The van der Waals surface area contributed by atoms with Crippen LogP contribution in [0.3, 0.4) is 0 Å². The highest BCUT2D eigenvalue weighted by atomic mass is 16.5. The number of nitrogens with zero attached hydrogens (tertiary/aromatic N) is 1. The standard InChI is InChI=1S/C37H35N5O5/c1-46-32-21-30(31(40-35(43)28-15-9-4-10-16-28)22-33(32)47-24-26-13-7-3-8-14-26)37(36(39)44,23-25-11-5-2-6-12-25)41-29-19-17-27(18-20-29)34(38)42-45/h2-22,41,45H,23-24H2,1H3,(H2,38,42)(H2,39,44)(H,40,43). The average molecular weight is 630 g/mol. The molecule has 0 aliphatic heterocycles. The first-order chi connectivity index (χ1) is 22.8. The maximum atomic E-state index is 13.9. The number of primary amides is 1. The van der Waals surface area contributed by atoms with Crippen molar-refractivity contribution in [2.24, 2.45) is 16.6 Å². The number of oxime groups is 1. The normalized spacial score (nSPS) is 12.4. The molecule has 0 radical (unpaired) electrons. The first-order valence-electron chi connectivity index (χ1n) is 14.8. The molecule has 47 heavy (non-hydrogen) atoms. The summed E-state index contributed by atoms with van der Waals surface area (Å²) in [6, 6.07) is 37.7. The minimum atomic E-state index is -1.62. The van der Waals surface area contributed by atoms with Crippen LogP contribution in [0.4, 0.5) is 11.4 Å². The van der Waals surface area contributed by atoms with Crippen LogP contribution in [0.25, 0.3) is 0 Å². The fraction of sp³-hybridized carbons (Fsp3) is 0.108. The lowest BCUT2D eigenvalue weighted by atomic mass is 9.81. The van der Waals surface area contributed by atoms with Crippen LogP contribution in [0, 0.1) is 0 Å². The quantitative estimate of drug-likeness (QED) is 0.0486. The molecular weight excluding hydrogens is 594 g/mol. The molecule has 0 saturated heterocycles. The van der Waals surface area contributed by atoms with Gasteiger partial charge >= 0.3 is 0 Å². The second kappa shape index (κ2) is 14.7. The molecule has 0 bridgehead atoms. The molecule has 0 aliphatic carbocycles. The van der Waals surface area contributed by atoms with Gasteiger partial charge in [-0.05, 0) is 53.6 Å². The number of benzene rings is 5. The number of rotatable bonds is 13. The third-order valence-electron chi connectivity index (χ3n) is 7.66. The van der Waals surface area contributed by atoms with Gasteiger partial charge in [-0.15, -0.1) is 0 Å². The van der Waals surface area contributed by atoms with E-state index in [1.165, 1.54) is 7.11 Å². The highest BCUT2D eigenvalue weighted by Gasteiger charge is 2.42. The smallest absolute Gasteiger partial charge is 0.255 e. The van der Waals surface area contributed by atoms with Crippen LogP contribution in [-0.4, -0.2) is 30.0 Å². The molecule has 5 aromatic rings. The lowest BCUT2D eigenvalue weighted by molar-refractivity contribution is -0.122. The van der Waals surface area contributed by atoms with Crippen LogP contribution in [0.5, 0.6) is 11.5 Å². The van der Waals surface area contributed by atoms with Gasteiger partial charge in [-0.25, -0.2) is 0 Å². The predicted molar refractivity (Wildman–Crippen MR) is 182 cm³/mol. The first-order valence-corrected chi connectivity index (χ1v) is 14.8. The predicted octanol–water partition coefficient (Wildman–Crippen LogP) is 5.66. The molecule has 5 rings (SSSR count). The average Bonchev–Trinajstić information content (AvgIpc) is 3.11. The zero-order valence-corrected chi connectivity index (χ0v) is 25.7. The van der Waals surface area contributed by atoms with Crippen molar-refractivity contribution >= 4 is 29.0 Å². The van der Waals surface area contributed by atoms with Crippen LogP contribution in [0.15, 0.2) is 133 Å². The molecule has 0 heterocycles. The lowest BCUT2D eigenvalue weighted by Gasteiger charge is -2.35. The van der Waals surface area contributed by atoms with Gasteiger partial charge in [0, 0.05) is 34.9 Å². The summed E-state index contributed by atoms with van der Waals surface area (Å²) in [5.41, 5.74) is 14.2. The number of anilines is 2. The van der Waals surface area contributed by atoms with Crippen LogP contribution in [-0.2, 0) is 23.4 Å². The van der Waals surface area contributed by atoms with Crippen molar-refractivity contribution in [1.29, 1.82) is 0 Å². The van der Waals surface area contributed by atoms with Gasteiger partial charge in [-0.3, -0.25) is 9.59 Å². The summed E-state index contributed by atoms with van der Waals surface area (Å²) in [5, 5.41) is 18.5. The molecule has 1 atom stereocenters. The summed E-state index contributed by atoms with van der Waals surface area (Å²) in [6.45, 7) is 0.235. The van der Waals surface area contributed by atoms with Gasteiger partial charge in [-0.2, -0.15) is 0 Å². The van der Waals surface area contributed by atoms with E-state index in [0.717, 1.165) is 11.1 Å². The van der Waals surface area contributed by atoms with Crippen molar-refractivity contribution in [3.8, 4) is 11.5 Å². The summed E-state index contributed by atoms with van der Waals surface area (Å²) < 4.78 is 12.0. The van der Waals surface area contributed by atoms with Crippen LogP contribution < -0.4 is 31.6 Å². The first kappa shape index (κ1) is 32.1. The number of amidine groups is 1. The molecule has 10 nitrogen and oxygen atoms in total. The van der Waals surface area contributed by atoms with Crippen molar-refractivity contribution in [3.05, 3.63) is 155 Å². The fourth-order valence-electron chi connectivity index (χ4n) is 5.23. The number of nitrogens with one attached hydrogen (secondary N) is 2. The van der Waals surface area contributed by atoms with Gasteiger partial charge in [0.15, 0.2) is 17.3 Å². The van der Waals surface area contributed by atoms with E-state index in [1.54, 1.807) is 60.7 Å². The van der Waals surface area contributed by atoms with Gasteiger partial charge < -0.3 is 36.8 Å². The SMILES string of the molecule is COc1cc(C(Cc2ccccc2)(Nc2ccc(C(N)=NO)cc2)C(N)=O)c(NC(=O)c2ccccc2)cc1OCc1ccccc1. The number of hydrogen-bond acceptors (Lipinski definition) is 7. The monoisotopic (exact) mass is 629 g/mol. The topological polar surface area (TPSA) is 161 Å². The molecule has 0 saturated carbocycles. The van der Waals surface area contributed by atoms with E-state index in [2.05, 4.69) is 15.8 Å². The van der Waals surface area contributed by atoms with Crippen molar-refractivity contribution in [2.75, 3.05) is 17.7 Å². The molecule has 238 valence electrons. The molecule has 1 unspecified atom stereocenters. The number of carbonyl (C=O) groups is 2. The zero-order chi connectivity index (χ0) is 33.2. The van der Waals surface area contributed by atoms with Gasteiger partial charge in [0.1, 0.15) is 12.1 Å². The number of carbonyl (C=O) groups excluding carboxylic acids is 2. The van der Waals surface area contributed by atoms with Crippen LogP contribution in [0.1, 0.15) is 32.6 Å². The molecule has 0 fully saturated rings. The molecule has 5 aromatic carbocycles. The van der Waals surface area contributed by atoms with Crippen LogP contribution in [0.2, 0.25) is 0 Å². The highest BCUT2D eigenvalue weighted by molar-refractivity contribution is 6.06. The van der Waals surface area contributed by atoms with Gasteiger partial charge in [0.05, 0.1) is 12.8 Å². The zero-order valence-electron chi connectivity index (χ0n) is 25.7. The number of amides is 2. The minimum Gasteiger partial charge on any atom is -0.493 e. The van der Waals surface area contributed by atoms with E-state index >= 15 is 0 Å². The van der Waals surface area contributed by atoms with E-state index in [-0.39, 0.29) is 18.9 Å². The summed E-state index contributed by atoms with van der Waals surface area (Å²) in [5.74, 6) is -0.492. The second-order valence-electron chi connectivity index (χ2n) is 10.8. The Kier molecular flexibility index (Phi) is 10.0. The lowest BCUT2D eigenvalue weighted by Crippen LogP contribution is -2.50. The minimum absolute atomic E-state index is 0.0660. The van der Waals surface area contributed by atoms with Crippen molar-refractivity contribution in [2.45, 2.75) is 18.6 Å². The maximum Gasteiger partial charge on any atom is 0.255 e. The summed E-state index contributed by atoms with van der Waals surface area (Å²) in [7, 11) is 1.50. The Balaban J connectivity index is 1.68. The van der Waals surface area contributed by atoms with Gasteiger partial charge in [0.2, 0.25) is 5.91 Å². The third-order valence-corrected chi connectivity index (χ3v) is 7.66. The van der Waals surface area contributed by atoms with Crippen molar-refractivity contribution in [3.63, 3.8) is 0 Å². The third kappa shape index (κ3) is 7.51. The van der Waals surface area contributed by atoms with E-state index in [4.69, 9.17) is 26.1 Å². The number of nitrogens with two attached hydrogens (primary N) is 2. The van der Waals surface area contributed by atoms with Gasteiger partial charge in [-0.1, -0.05) is 84.0 Å². The van der Waals surface area contributed by atoms with E-state index < -0.39 is 17.4 Å². The Morgan fingerprint density at radius 3 is 1.94 bits per heavy atom. The molecule has 2 amide bonds. The molecule has 0 aliphatic rings. The fourth-order valence-corrected chi connectivity index (χ4v) is 5.23. The molecular formula is C37H35N5O5. The molecule has 0 aromatic heterocycles. The van der Waals surface area contributed by atoms with Gasteiger partial charge in [0.25, 0.3) is 5.91 Å². The molecule has 0 spiro atoms. The Morgan fingerprint density at radius 2 is 1.36 bits per heavy atom. The number of ether oxygens (including phenoxy) is 2. The summed E-state index contributed by atoms with van der Waals surface area (Å²) in [4.78, 5) is 27.4. The van der Waals surface area contributed by atoms with Crippen molar-refractivity contribution < 1.29 is 24.3 Å². The second-order valence-corrected chi connectivity index (χ2v) is 10.8. The van der Waals surface area contributed by atoms with E-state index in [0.29, 0.717) is 39.6 Å². The number of methoxy groups -OCH3 is 1. The Morgan fingerprint density at radius 1 is 0.766 bits per heavy atom. The Labute approximate surface area is 272 Å². The maximum absolute atomic E-state index is 13.9. The Hall–Kier alpha value is -6.29. The van der Waals surface area contributed by atoms with Crippen LogP contribution >= 0.6 is 0 Å². The van der Waals surface area contributed by atoms with Crippen molar-refractivity contribution in [1.82, 2.24) is 0 Å². The number of hydrogen-bond donors (Lipinski definition) is 5. The highest BCUT2D eigenvalue weighted by Crippen LogP contribution is 2.42. The van der Waals surface area contributed by atoms with E-state index in [9.17, 15) is 9.59 Å². The summed E-state index contributed by atoms with van der Waals surface area (Å²) >= 11 is 0.